The number of carbonyl (C=O) groups is 1. The van der Waals surface area contributed by atoms with Crippen molar-refractivity contribution in [1.29, 1.82) is 0 Å². The van der Waals surface area contributed by atoms with Crippen LogP contribution < -0.4 is 0 Å². The predicted molar refractivity (Wildman–Crippen MR) is 95.5 cm³/mol. The fraction of sp³-hybridized carbons (Fsp3) is 0.105. The Hall–Kier alpha value is -2.79. The fourth-order valence-corrected chi connectivity index (χ4v) is 3.47. The number of hydrogen-bond donors (Lipinski definition) is 0. The summed E-state index contributed by atoms with van der Waals surface area (Å²) >= 11 is 1.45. The van der Waals surface area contributed by atoms with Gasteiger partial charge in [0, 0.05) is 0 Å². The summed E-state index contributed by atoms with van der Waals surface area (Å²) in [5, 5.41) is 10.4. The van der Waals surface area contributed by atoms with Gasteiger partial charge in [0.15, 0.2) is 0 Å². The maximum Gasteiger partial charge on any atom is 0.201 e. The summed E-state index contributed by atoms with van der Waals surface area (Å²) in [6, 6.07) is 18.9. The van der Waals surface area contributed by atoms with Crippen LogP contribution in [-0.2, 0) is 0 Å². The number of aryl methyl sites for hydroxylation is 1. The number of benzene rings is 2. The van der Waals surface area contributed by atoms with Crippen molar-refractivity contribution >= 4 is 28.2 Å². The molecule has 0 aliphatic heterocycles. The first-order chi connectivity index (χ1) is 11.7. The Morgan fingerprint density at radius 2 is 1.83 bits per heavy atom. The van der Waals surface area contributed by atoms with Crippen molar-refractivity contribution in [2.45, 2.75) is 13.0 Å². The van der Waals surface area contributed by atoms with E-state index in [1.54, 1.807) is 4.68 Å². The summed E-state index contributed by atoms with van der Waals surface area (Å²) in [6.45, 7) is 2.03. The molecule has 0 saturated carbocycles. The van der Waals surface area contributed by atoms with Gasteiger partial charge < -0.3 is 0 Å². The lowest BCUT2D eigenvalue weighted by atomic mass is 10.0. The topological polar surface area (TPSA) is 47.8 Å². The maximum absolute atomic E-state index is 13.2. The van der Waals surface area contributed by atoms with Crippen LogP contribution in [0.3, 0.4) is 0 Å². The molecule has 0 aliphatic rings. The second-order valence-electron chi connectivity index (χ2n) is 5.68. The summed E-state index contributed by atoms with van der Waals surface area (Å²) in [7, 11) is 0. The monoisotopic (exact) mass is 333 g/mol. The lowest BCUT2D eigenvalue weighted by Crippen LogP contribution is -2.21. The van der Waals surface area contributed by atoms with E-state index >= 15 is 0 Å². The first-order valence-electron chi connectivity index (χ1n) is 7.68. The second kappa shape index (κ2) is 6.02. The predicted octanol–water partition coefficient (Wildman–Crippen LogP) is 4.27. The summed E-state index contributed by atoms with van der Waals surface area (Å²) < 4.78 is 1.72. The van der Waals surface area contributed by atoms with Crippen LogP contribution in [0.5, 0.6) is 0 Å². The van der Waals surface area contributed by atoms with Crippen molar-refractivity contribution in [3.05, 3.63) is 82.0 Å². The molecule has 0 saturated heterocycles. The number of carbonyl (C=O) groups excluding carboxylic acids is 1. The smallest absolute Gasteiger partial charge is 0.201 e. The van der Waals surface area contributed by atoms with Crippen LogP contribution in [0.2, 0.25) is 0 Å². The van der Waals surface area contributed by atoms with E-state index < -0.39 is 6.04 Å². The van der Waals surface area contributed by atoms with E-state index in [0.29, 0.717) is 0 Å². The van der Waals surface area contributed by atoms with E-state index in [4.69, 9.17) is 0 Å². The molecule has 0 bridgehead atoms. The lowest BCUT2D eigenvalue weighted by molar-refractivity contribution is 0.0945. The fourth-order valence-electron chi connectivity index (χ4n) is 2.78. The molecule has 0 N–H and O–H groups in total. The molecular formula is C19H15N3OS. The van der Waals surface area contributed by atoms with Gasteiger partial charge in [-0.2, -0.15) is 0 Å². The van der Waals surface area contributed by atoms with Crippen molar-refractivity contribution in [2.75, 3.05) is 0 Å². The standard InChI is InChI=1S/C19H15N3OS/c1-13-8-10-14(11-9-13)18(19(23)17-7-4-12-24-17)22-16-6-3-2-5-15(16)20-21-22/h2-12,18H,1H3. The van der Waals surface area contributed by atoms with E-state index in [-0.39, 0.29) is 5.78 Å². The molecule has 5 heteroatoms. The number of hydrogen-bond acceptors (Lipinski definition) is 4. The highest BCUT2D eigenvalue weighted by atomic mass is 32.1. The van der Waals surface area contributed by atoms with Crippen molar-refractivity contribution in [3.8, 4) is 0 Å². The van der Waals surface area contributed by atoms with Crippen LogP contribution >= 0.6 is 11.3 Å². The molecule has 4 aromatic rings. The minimum atomic E-state index is -0.517. The van der Waals surface area contributed by atoms with Gasteiger partial charge in [0.25, 0.3) is 0 Å². The molecule has 2 heterocycles. The highest BCUT2D eigenvalue weighted by molar-refractivity contribution is 7.12. The number of aromatic nitrogens is 3. The Kier molecular flexibility index (Phi) is 3.70. The minimum absolute atomic E-state index is 0.0320. The lowest BCUT2D eigenvalue weighted by Gasteiger charge is -2.17. The quantitative estimate of drug-likeness (QED) is 0.524. The van der Waals surface area contributed by atoms with Gasteiger partial charge in [0.05, 0.1) is 10.4 Å². The zero-order chi connectivity index (χ0) is 16.5. The summed E-state index contributed by atoms with van der Waals surface area (Å²) in [4.78, 5) is 13.9. The maximum atomic E-state index is 13.2. The van der Waals surface area contributed by atoms with Gasteiger partial charge in [-0.1, -0.05) is 53.2 Å². The number of ketones is 1. The number of para-hydroxylation sites is 1. The third-order valence-corrected chi connectivity index (χ3v) is 4.91. The normalized spacial score (nSPS) is 12.4. The number of fused-ring (bicyclic) bond motifs is 1. The van der Waals surface area contributed by atoms with Crippen LogP contribution in [0.1, 0.15) is 26.8 Å². The number of nitrogens with zero attached hydrogens (tertiary/aromatic N) is 3. The van der Waals surface area contributed by atoms with Crippen LogP contribution in [0.25, 0.3) is 11.0 Å². The third-order valence-electron chi connectivity index (χ3n) is 4.03. The minimum Gasteiger partial charge on any atom is -0.290 e. The molecule has 0 radical (unpaired) electrons. The van der Waals surface area contributed by atoms with Gasteiger partial charge >= 0.3 is 0 Å². The molecule has 2 aromatic carbocycles. The Morgan fingerprint density at radius 3 is 2.58 bits per heavy atom. The molecule has 4 rings (SSSR count). The van der Waals surface area contributed by atoms with Gasteiger partial charge in [-0.05, 0) is 36.1 Å². The van der Waals surface area contributed by atoms with Crippen LogP contribution in [0.4, 0.5) is 0 Å². The average molecular weight is 333 g/mol. The summed E-state index contributed by atoms with van der Waals surface area (Å²) in [6.07, 6.45) is 0. The Balaban J connectivity index is 1.90. The van der Waals surface area contributed by atoms with Gasteiger partial charge in [-0.3, -0.25) is 4.79 Å². The highest BCUT2D eigenvalue weighted by Gasteiger charge is 2.27. The van der Waals surface area contributed by atoms with Gasteiger partial charge in [0.2, 0.25) is 5.78 Å². The molecule has 4 nitrogen and oxygen atoms in total. The van der Waals surface area contributed by atoms with Crippen LogP contribution in [-0.4, -0.2) is 20.8 Å². The SMILES string of the molecule is Cc1ccc(C(C(=O)c2cccs2)n2nnc3ccccc32)cc1. The van der Waals surface area contributed by atoms with E-state index in [1.807, 2.05) is 73.0 Å². The van der Waals surface area contributed by atoms with E-state index in [1.165, 1.54) is 11.3 Å². The molecule has 1 atom stereocenters. The van der Waals surface area contributed by atoms with Gasteiger partial charge in [-0.15, -0.1) is 16.4 Å². The first-order valence-corrected chi connectivity index (χ1v) is 8.56. The molecule has 0 aliphatic carbocycles. The largest absolute Gasteiger partial charge is 0.290 e. The molecule has 118 valence electrons. The molecule has 0 fully saturated rings. The highest BCUT2D eigenvalue weighted by Crippen LogP contribution is 2.27. The molecule has 2 aromatic heterocycles. The van der Waals surface area contributed by atoms with E-state index in [2.05, 4.69) is 10.3 Å². The van der Waals surface area contributed by atoms with Crippen molar-refractivity contribution in [2.24, 2.45) is 0 Å². The average Bonchev–Trinajstić information content (AvgIpc) is 3.27. The molecular weight excluding hydrogens is 318 g/mol. The first kappa shape index (κ1) is 14.8. The van der Waals surface area contributed by atoms with Crippen molar-refractivity contribution in [3.63, 3.8) is 0 Å². The zero-order valence-electron chi connectivity index (χ0n) is 13.1. The Morgan fingerprint density at radius 1 is 1.04 bits per heavy atom. The molecule has 0 amide bonds. The van der Waals surface area contributed by atoms with E-state index in [0.717, 1.165) is 27.0 Å². The summed E-state index contributed by atoms with van der Waals surface area (Å²) in [5.41, 5.74) is 3.71. The number of Topliss-reactive ketones (excluding diaryl/α,β-unsaturated/α-hetero) is 1. The second-order valence-corrected chi connectivity index (χ2v) is 6.63. The van der Waals surface area contributed by atoms with Gasteiger partial charge in [0.1, 0.15) is 11.6 Å². The van der Waals surface area contributed by atoms with Crippen molar-refractivity contribution in [1.82, 2.24) is 15.0 Å². The Labute approximate surface area is 143 Å². The molecule has 0 spiro atoms. The van der Waals surface area contributed by atoms with Crippen LogP contribution in [0, 0.1) is 6.92 Å². The van der Waals surface area contributed by atoms with Crippen molar-refractivity contribution < 1.29 is 4.79 Å². The van der Waals surface area contributed by atoms with E-state index in [9.17, 15) is 4.79 Å². The van der Waals surface area contributed by atoms with Crippen LogP contribution in [0.15, 0.2) is 66.0 Å². The molecule has 24 heavy (non-hydrogen) atoms. The zero-order valence-corrected chi connectivity index (χ0v) is 13.9. The Bertz CT molecular complexity index is 987. The third kappa shape index (κ3) is 2.53. The summed E-state index contributed by atoms with van der Waals surface area (Å²) in [5.74, 6) is 0.0320. The van der Waals surface area contributed by atoms with Gasteiger partial charge in [-0.25, -0.2) is 4.68 Å². The molecule has 1 unspecified atom stereocenters. The number of rotatable bonds is 4. The number of thiophene rings is 1.